The van der Waals surface area contributed by atoms with Crippen LogP contribution in [0.4, 0.5) is 0 Å². The molecule has 1 saturated carbocycles. The summed E-state index contributed by atoms with van der Waals surface area (Å²) >= 11 is 0. The lowest BCUT2D eigenvalue weighted by Gasteiger charge is -2.31. The second kappa shape index (κ2) is 4.42. The van der Waals surface area contributed by atoms with Crippen molar-refractivity contribution in [2.75, 3.05) is 20.2 Å². The number of hydrogen-bond donors (Lipinski definition) is 0. The summed E-state index contributed by atoms with van der Waals surface area (Å²) in [5.41, 5.74) is 1.24. The first-order valence-electron chi connectivity index (χ1n) is 6.58. The van der Waals surface area contributed by atoms with E-state index >= 15 is 0 Å². The summed E-state index contributed by atoms with van der Waals surface area (Å²) in [5.74, 6) is 2.02. The Morgan fingerprint density at radius 1 is 1.41 bits per heavy atom. The minimum absolute atomic E-state index is 0.418. The third kappa shape index (κ3) is 2.24. The van der Waals surface area contributed by atoms with Crippen molar-refractivity contribution in [1.29, 1.82) is 0 Å². The van der Waals surface area contributed by atoms with E-state index in [2.05, 4.69) is 28.4 Å². The van der Waals surface area contributed by atoms with Gasteiger partial charge in [0.05, 0.1) is 24.5 Å². The molecule has 0 saturated heterocycles. The Kier molecular flexibility index (Phi) is 2.92. The van der Waals surface area contributed by atoms with Crippen molar-refractivity contribution in [3.8, 4) is 0 Å². The zero-order valence-corrected chi connectivity index (χ0v) is 10.7. The van der Waals surface area contributed by atoms with Crippen LogP contribution in [-0.4, -0.2) is 34.7 Å². The van der Waals surface area contributed by atoms with E-state index in [1.165, 1.54) is 24.4 Å². The number of aromatic nitrogens is 2. The number of nitrogens with zero attached hydrogens (tertiary/aromatic N) is 3. The van der Waals surface area contributed by atoms with E-state index in [1.807, 2.05) is 6.20 Å². The van der Waals surface area contributed by atoms with E-state index in [0.717, 1.165) is 32.2 Å². The first-order valence-corrected chi connectivity index (χ1v) is 6.58. The van der Waals surface area contributed by atoms with Gasteiger partial charge in [0.2, 0.25) is 0 Å². The Bertz CT molecular complexity index is 397. The Labute approximate surface area is 103 Å². The third-order valence-electron chi connectivity index (χ3n) is 3.98. The van der Waals surface area contributed by atoms with Gasteiger partial charge in [0, 0.05) is 19.7 Å². The second-order valence-electron chi connectivity index (χ2n) is 5.37. The average molecular weight is 235 g/mol. The van der Waals surface area contributed by atoms with Crippen molar-refractivity contribution in [3.63, 3.8) is 0 Å². The van der Waals surface area contributed by atoms with Gasteiger partial charge in [0.1, 0.15) is 5.82 Å². The van der Waals surface area contributed by atoms with Crippen LogP contribution < -0.4 is 0 Å². The van der Waals surface area contributed by atoms with Gasteiger partial charge in [-0.1, -0.05) is 0 Å². The molecule has 1 aromatic rings. The highest BCUT2D eigenvalue weighted by Gasteiger charge is 2.25. The molecular weight excluding hydrogens is 214 g/mol. The lowest BCUT2D eigenvalue weighted by Crippen LogP contribution is -2.34. The van der Waals surface area contributed by atoms with Gasteiger partial charge < -0.3 is 9.30 Å². The fraction of sp³-hybridized carbons (Fsp3) is 0.769. The highest BCUT2D eigenvalue weighted by atomic mass is 16.5. The Hall–Kier alpha value is -0.870. The molecule has 2 heterocycles. The van der Waals surface area contributed by atoms with Gasteiger partial charge in [-0.25, -0.2) is 4.98 Å². The summed E-state index contributed by atoms with van der Waals surface area (Å²) < 4.78 is 8.09. The summed E-state index contributed by atoms with van der Waals surface area (Å²) in [6.07, 6.45) is 4.69. The quantitative estimate of drug-likeness (QED) is 0.797. The average Bonchev–Trinajstić information content (AvgIpc) is 3.04. The van der Waals surface area contributed by atoms with Crippen LogP contribution in [0.1, 0.15) is 37.3 Å². The molecule has 0 aromatic carbocycles. The second-order valence-corrected chi connectivity index (χ2v) is 5.37. The number of likely N-dealkylation sites (N-methyl/N-ethyl adjacent to an activating group) is 1. The third-order valence-corrected chi connectivity index (χ3v) is 3.98. The predicted molar refractivity (Wildman–Crippen MR) is 65.7 cm³/mol. The highest BCUT2D eigenvalue weighted by Crippen LogP contribution is 2.29. The van der Waals surface area contributed by atoms with Crippen molar-refractivity contribution in [2.45, 2.75) is 39.0 Å². The topological polar surface area (TPSA) is 30.3 Å². The summed E-state index contributed by atoms with van der Waals surface area (Å²) in [4.78, 5) is 6.89. The molecule has 1 aliphatic carbocycles. The van der Waals surface area contributed by atoms with Gasteiger partial charge in [0.15, 0.2) is 0 Å². The van der Waals surface area contributed by atoms with Crippen LogP contribution in [0.5, 0.6) is 0 Å². The SMILES string of the molecule is C[C@H]1c2ncc(COCC3CC3)n2CCN1C. The van der Waals surface area contributed by atoms with E-state index in [9.17, 15) is 0 Å². The van der Waals surface area contributed by atoms with Crippen LogP contribution in [0.2, 0.25) is 0 Å². The van der Waals surface area contributed by atoms with Gasteiger partial charge in [0.25, 0.3) is 0 Å². The molecule has 94 valence electrons. The summed E-state index contributed by atoms with van der Waals surface area (Å²) in [5, 5.41) is 0. The number of imidazole rings is 1. The van der Waals surface area contributed by atoms with Crippen LogP contribution in [0.3, 0.4) is 0 Å². The van der Waals surface area contributed by atoms with E-state index < -0.39 is 0 Å². The maximum absolute atomic E-state index is 5.76. The van der Waals surface area contributed by atoms with Gasteiger partial charge in [-0.15, -0.1) is 0 Å². The first-order chi connectivity index (χ1) is 8.25. The van der Waals surface area contributed by atoms with Gasteiger partial charge in [-0.2, -0.15) is 0 Å². The molecule has 4 heteroatoms. The van der Waals surface area contributed by atoms with Crippen molar-refractivity contribution < 1.29 is 4.74 Å². The number of ether oxygens (including phenoxy) is 1. The molecule has 2 aliphatic rings. The molecule has 0 bridgehead atoms. The Morgan fingerprint density at radius 2 is 2.24 bits per heavy atom. The molecule has 1 atom stereocenters. The predicted octanol–water partition coefficient (Wildman–Crippen LogP) is 1.82. The molecule has 0 unspecified atom stereocenters. The normalized spacial score (nSPS) is 24.9. The molecule has 3 rings (SSSR count). The van der Waals surface area contributed by atoms with Crippen molar-refractivity contribution in [2.24, 2.45) is 5.92 Å². The maximum atomic E-state index is 5.76. The van der Waals surface area contributed by atoms with Crippen LogP contribution in [0, 0.1) is 5.92 Å². The monoisotopic (exact) mass is 235 g/mol. The van der Waals surface area contributed by atoms with Gasteiger partial charge in [-0.05, 0) is 32.7 Å². The number of fused-ring (bicyclic) bond motifs is 1. The van der Waals surface area contributed by atoms with Crippen LogP contribution in [0.15, 0.2) is 6.20 Å². The molecule has 0 N–H and O–H groups in total. The smallest absolute Gasteiger partial charge is 0.126 e. The van der Waals surface area contributed by atoms with Crippen LogP contribution in [0.25, 0.3) is 0 Å². The molecule has 1 aromatic heterocycles. The van der Waals surface area contributed by atoms with E-state index in [1.54, 1.807) is 0 Å². The Morgan fingerprint density at radius 3 is 3.00 bits per heavy atom. The minimum Gasteiger partial charge on any atom is -0.375 e. The summed E-state index contributed by atoms with van der Waals surface area (Å²) in [6, 6.07) is 0.418. The summed E-state index contributed by atoms with van der Waals surface area (Å²) in [6.45, 7) is 6.00. The Balaban J connectivity index is 1.66. The van der Waals surface area contributed by atoms with Crippen LogP contribution >= 0.6 is 0 Å². The number of rotatable bonds is 4. The van der Waals surface area contributed by atoms with E-state index in [-0.39, 0.29) is 0 Å². The molecule has 1 aliphatic heterocycles. The molecule has 17 heavy (non-hydrogen) atoms. The molecule has 0 amide bonds. The molecule has 0 spiro atoms. The zero-order valence-electron chi connectivity index (χ0n) is 10.7. The lowest BCUT2D eigenvalue weighted by molar-refractivity contribution is 0.103. The standard InChI is InChI=1S/C13H21N3O/c1-10-13-14-7-12(9-17-8-11-3-4-11)16(13)6-5-15(10)2/h7,10-11H,3-6,8-9H2,1-2H3/t10-/m0/s1. The van der Waals surface area contributed by atoms with Crippen molar-refractivity contribution in [3.05, 3.63) is 17.7 Å². The molecule has 1 fully saturated rings. The maximum Gasteiger partial charge on any atom is 0.126 e. The van der Waals surface area contributed by atoms with Crippen molar-refractivity contribution in [1.82, 2.24) is 14.5 Å². The van der Waals surface area contributed by atoms with Crippen molar-refractivity contribution >= 4 is 0 Å². The van der Waals surface area contributed by atoms with Gasteiger partial charge >= 0.3 is 0 Å². The highest BCUT2D eigenvalue weighted by molar-refractivity contribution is 5.10. The van der Waals surface area contributed by atoms with E-state index in [0.29, 0.717) is 6.04 Å². The fourth-order valence-electron chi connectivity index (χ4n) is 2.40. The summed E-state index contributed by atoms with van der Waals surface area (Å²) in [7, 11) is 2.16. The molecule has 0 radical (unpaired) electrons. The van der Waals surface area contributed by atoms with Crippen LogP contribution in [-0.2, 0) is 17.9 Å². The largest absolute Gasteiger partial charge is 0.375 e. The van der Waals surface area contributed by atoms with Gasteiger partial charge in [-0.3, -0.25) is 4.90 Å². The number of hydrogen-bond acceptors (Lipinski definition) is 3. The van der Waals surface area contributed by atoms with E-state index in [4.69, 9.17) is 4.74 Å². The first kappa shape index (κ1) is 11.2. The fourth-order valence-corrected chi connectivity index (χ4v) is 2.40. The zero-order chi connectivity index (χ0) is 11.8. The molecule has 4 nitrogen and oxygen atoms in total. The lowest BCUT2D eigenvalue weighted by atomic mass is 10.2. The molecular formula is C13H21N3O. The minimum atomic E-state index is 0.418.